The third kappa shape index (κ3) is 3.28. The van der Waals surface area contributed by atoms with Gasteiger partial charge in [-0.25, -0.2) is 8.42 Å². The zero-order valence-electron chi connectivity index (χ0n) is 13.7. The Kier molecular flexibility index (Phi) is 4.32. The molecule has 2 aromatic carbocycles. The highest BCUT2D eigenvalue weighted by Crippen LogP contribution is 2.28. The van der Waals surface area contributed by atoms with E-state index in [0.29, 0.717) is 29.9 Å². The van der Waals surface area contributed by atoms with E-state index in [1.807, 2.05) is 32.0 Å². The molecule has 2 aromatic rings. The summed E-state index contributed by atoms with van der Waals surface area (Å²) in [6.07, 6.45) is 0.646. The van der Waals surface area contributed by atoms with Crippen LogP contribution < -0.4 is 9.62 Å². The number of anilines is 2. The molecule has 0 aromatic heterocycles. The third-order valence-corrected chi connectivity index (χ3v) is 6.00. The molecule has 0 radical (unpaired) electrons. The van der Waals surface area contributed by atoms with Crippen LogP contribution in [-0.4, -0.2) is 26.6 Å². The van der Waals surface area contributed by atoms with Crippen LogP contribution in [0, 0.1) is 13.8 Å². The molecular weight excluding hydrogens is 324 g/mol. The Hall–Kier alpha value is -2.34. The van der Waals surface area contributed by atoms with Crippen molar-refractivity contribution >= 4 is 27.3 Å². The first-order valence-electron chi connectivity index (χ1n) is 7.86. The van der Waals surface area contributed by atoms with Crippen LogP contribution >= 0.6 is 0 Å². The Morgan fingerprint density at radius 2 is 1.92 bits per heavy atom. The molecule has 1 aliphatic rings. The molecule has 1 saturated heterocycles. The Morgan fingerprint density at radius 3 is 2.54 bits per heavy atom. The standard InChI is InChI=1S/C18H20N2O3S/c1-13-5-3-6-15(11-13)18(21)19-17-8-7-16(12-14(17)2)20-9-4-10-24(20,22)23/h3,5-8,11-12H,4,9-10H2,1-2H3,(H,19,21). The summed E-state index contributed by atoms with van der Waals surface area (Å²) >= 11 is 0. The molecule has 0 saturated carbocycles. The van der Waals surface area contributed by atoms with Crippen LogP contribution in [0.1, 0.15) is 27.9 Å². The number of amides is 1. The van der Waals surface area contributed by atoms with Crippen molar-refractivity contribution in [1.29, 1.82) is 0 Å². The summed E-state index contributed by atoms with van der Waals surface area (Å²) in [6, 6.07) is 12.7. The van der Waals surface area contributed by atoms with E-state index in [1.54, 1.807) is 24.3 Å². The van der Waals surface area contributed by atoms with Gasteiger partial charge in [-0.2, -0.15) is 0 Å². The number of benzene rings is 2. The average molecular weight is 344 g/mol. The Morgan fingerprint density at radius 1 is 1.12 bits per heavy atom. The Balaban J connectivity index is 1.82. The van der Waals surface area contributed by atoms with Crippen molar-refractivity contribution in [1.82, 2.24) is 0 Å². The smallest absolute Gasteiger partial charge is 0.255 e. The lowest BCUT2D eigenvalue weighted by Gasteiger charge is -2.18. The monoisotopic (exact) mass is 344 g/mol. The van der Waals surface area contributed by atoms with Crippen LogP contribution in [0.25, 0.3) is 0 Å². The molecule has 1 N–H and O–H groups in total. The minimum absolute atomic E-state index is 0.177. The van der Waals surface area contributed by atoms with E-state index in [4.69, 9.17) is 0 Å². The highest BCUT2D eigenvalue weighted by atomic mass is 32.2. The fourth-order valence-electron chi connectivity index (χ4n) is 2.85. The number of carbonyl (C=O) groups is 1. The second-order valence-electron chi connectivity index (χ2n) is 6.06. The summed E-state index contributed by atoms with van der Waals surface area (Å²) in [4.78, 5) is 12.3. The van der Waals surface area contributed by atoms with Crippen LogP contribution in [0.4, 0.5) is 11.4 Å². The van der Waals surface area contributed by atoms with Gasteiger partial charge in [-0.05, 0) is 56.2 Å². The van der Waals surface area contributed by atoms with Gasteiger partial charge in [-0.15, -0.1) is 0 Å². The van der Waals surface area contributed by atoms with Crippen molar-refractivity contribution in [2.45, 2.75) is 20.3 Å². The van der Waals surface area contributed by atoms with Gasteiger partial charge < -0.3 is 5.32 Å². The maximum Gasteiger partial charge on any atom is 0.255 e. The van der Waals surface area contributed by atoms with Gasteiger partial charge in [0.05, 0.1) is 11.4 Å². The molecule has 126 valence electrons. The minimum Gasteiger partial charge on any atom is -0.322 e. The molecule has 0 unspecified atom stereocenters. The van der Waals surface area contributed by atoms with Gasteiger partial charge in [0.15, 0.2) is 0 Å². The quantitative estimate of drug-likeness (QED) is 0.930. The van der Waals surface area contributed by atoms with Crippen molar-refractivity contribution in [3.05, 3.63) is 59.2 Å². The molecule has 0 bridgehead atoms. The second-order valence-corrected chi connectivity index (χ2v) is 8.08. The van der Waals surface area contributed by atoms with Gasteiger partial charge in [0, 0.05) is 17.8 Å². The Bertz CT molecular complexity index is 891. The molecule has 5 nitrogen and oxygen atoms in total. The average Bonchev–Trinajstić information content (AvgIpc) is 2.88. The van der Waals surface area contributed by atoms with Gasteiger partial charge in [0.1, 0.15) is 0 Å². The highest BCUT2D eigenvalue weighted by Gasteiger charge is 2.28. The van der Waals surface area contributed by atoms with E-state index < -0.39 is 10.0 Å². The van der Waals surface area contributed by atoms with Gasteiger partial charge in [0.25, 0.3) is 5.91 Å². The summed E-state index contributed by atoms with van der Waals surface area (Å²) in [5.41, 5.74) is 3.78. The number of hydrogen-bond acceptors (Lipinski definition) is 3. The van der Waals surface area contributed by atoms with Gasteiger partial charge in [-0.1, -0.05) is 17.7 Å². The fourth-order valence-corrected chi connectivity index (χ4v) is 4.41. The molecule has 1 amide bonds. The molecule has 1 heterocycles. The SMILES string of the molecule is Cc1cccc(C(=O)Nc2ccc(N3CCCS3(=O)=O)cc2C)c1. The van der Waals surface area contributed by atoms with Crippen molar-refractivity contribution < 1.29 is 13.2 Å². The highest BCUT2D eigenvalue weighted by molar-refractivity contribution is 7.93. The first-order valence-corrected chi connectivity index (χ1v) is 9.47. The summed E-state index contributed by atoms with van der Waals surface area (Å²) in [5.74, 6) is 0.0149. The maximum atomic E-state index is 12.3. The van der Waals surface area contributed by atoms with E-state index in [-0.39, 0.29) is 11.7 Å². The number of nitrogens with one attached hydrogen (secondary N) is 1. The van der Waals surface area contributed by atoms with Crippen LogP contribution in [0.5, 0.6) is 0 Å². The summed E-state index contributed by atoms with van der Waals surface area (Å²) in [7, 11) is -3.19. The van der Waals surface area contributed by atoms with E-state index in [0.717, 1.165) is 11.1 Å². The lowest BCUT2D eigenvalue weighted by molar-refractivity contribution is 0.102. The number of nitrogens with zero attached hydrogens (tertiary/aromatic N) is 1. The van der Waals surface area contributed by atoms with Crippen molar-refractivity contribution in [3.8, 4) is 0 Å². The number of aryl methyl sites for hydroxylation is 2. The second kappa shape index (κ2) is 6.28. The fraction of sp³-hybridized carbons (Fsp3) is 0.278. The molecule has 0 aliphatic carbocycles. The Labute approximate surface area is 142 Å². The summed E-state index contributed by atoms with van der Waals surface area (Å²) < 4.78 is 25.5. The summed E-state index contributed by atoms with van der Waals surface area (Å²) in [5, 5.41) is 2.89. The third-order valence-electron chi connectivity index (χ3n) is 4.13. The van der Waals surface area contributed by atoms with Gasteiger partial charge in [-0.3, -0.25) is 9.10 Å². The van der Waals surface area contributed by atoms with Crippen molar-refractivity contribution in [2.75, 3.05) is 21.9 Å². The molecule has 1 aliphatic heterocycles. The first kappa shape index (κ1) is 16.5. The van der Waals surface area contributed by atoms with Crippen LogP contribution in [0.3, 0.4) is 0 Å². The molecule has 0 spiro atoms. The normalized spacial score (nSPS) is 16.2. The predicted octanol–water partition coefficient (Wildman–Crippen LogP) is 3.10. The lowest BCUT2D eigenvalue weighted by Crippen LogP contribution is -2.25. The zero-order valence-corrected chi connectivity index (χ0v) is 14.6. The molecule has 1 fully saturated rings. The van der Waals surface area contributed by atoms with Crippen molar-refractivity contribution in [2.24, 2.45) is 0 Å². The van der Waals surface area contributed by atoms with Gasteiger partial charge in [0.2, 0.25) is 10.0 Å². The van der Waals surface area contributed by atoms with Crippen LogP contribution in [-0.2, 0) is 10.0 Å². The molecule has 3 rings (SSSR count). The first-order chi connectivity index (χ1) is 11.4. The largest absolute Gasteiger partial charge is 0.322 e. The molecular formula is C18H20N2O3S. The van der Waals surface area contributed by atoms with E-state index >= 15 is 0 Å². The number of rotatable bonds is 3. The minimum atomic E-state index is -3.19. The van der Waals surface area contributed by atoms with Gasteiger partial charge >= 0.3 is 0 Å². The van der Waals surface area contributed by atoms with E-state index in [9.17, 15) is 13.2 Å². The van der Waals surface area contributed by atoms with Crippen LogP contribution in [0.2, 0.25) is 0 Å². The lowest BCUT2D eigenvalue weighted by atomic mass is 10.1. The van der Waals surface area contributed by atoms with E-state index in [1.165, 1.54) is 4.31 Å². The molecule has 6 heteroatoms. The predicted molar refractivity (Wildman–Crippen MR) is 96.1 cm³/mol. The maximum absolute atomic E-state index is 12.3. The number of sulfonamides is 1. The molecule has 0 atom stereocenters. The summed E-state index contributed by atoms with van der Waals surface area (Å²) in [6.45, 7) is 4.31. The number of hydrogen-bond donors (Lipinski definition) is 1. The topological polar surface area (TPSA) is 66.5 Å². The zero-order chi connectivity index (χ0) is 17.3. The van der Waals surface area contributed by atoms with E-state index in [2.05, 4.69) is 5.32 Å². The number of carbonyl (C=O) groups excluding carboxylic acids is 1. The molecule has 24 heavy (non-hydrogen) atoms. The van der Waals surface area contributed by atoms with Crippen molar-refractivity contribution in [3.63, 3.8) is 0 Å². The van der Waals surface area contributed by atoms with Crippen LogP contribution in [0.15, 0.2) is 42.5 Å².